The summed E-state index contributed by atoms with van der Waals surface area (Å²) < 4.78 is 4.54. The molecule has 1 aliphatic heterocycles. The predicted octanol–water partition coefficient (Wildman–Crippen LogP) is 0.0691. The van der Waals surface area contributed by atoms with Gasteiger partial charge >= 0.3 is 5.97 Å². The molecule has 0 amide bonds. The van der Waals surface area contributed by atoms with E-state index in [1.54, 1.807) is 0 Å². The second-order valence-electron chi connectivity index (χ2n) is 2.55. The van der Waals surface area contributed by atoms with E-state index in [4.69, 9.17) is 5.73 Å². The van der Waals surface area contributed by atoms with Crippen LogP contribution in [0.2, 0.25) is 0 Å². The van der Waals surface area contributed by atoms with Gasteiger partial charge in [-0.25, -0.2) is 4.79 Å². The van der Waals surface area contributed by atoms with E-state index in [1.807, 2.05) is 0 Å². The minimum absolute atomic E-state index is 0.285. The molecule has 1 rings (SSSR count). The topological polar surface area (TPSA) is 64.7 Å². The molecule has 4 nitrogen and oxygen atoms in total. The number of nitrogens with zero attached hydrogens (tertiary/aromatic N) is 1. The molecular formula is C7H12N2O2. The monoisotopic (exact) mass is 156 g/mol. The van der Waals surface area contributed by atoms with Crippen molar-refractivity contribution in [2.45, 2.75) is 25.3 Å². The van der Waals surface area contributed by atoms with Gasteiger partial charge in [0, 0.05) is 6.42 Å². The van der Waals surface area contributed by atoms with Crippen molar-refractivity contribution in [3.05, 3.63) is 0 Å². The number of ether oxygens (including phenoxy) is 1. The molecule has 11 heavy (non-hydrogen) atoms. The van der Waals surface area contributed by atoms with Crippen LogP contribution in [0.15, 0.2) is 4.99 Å². The molecule has 0 spiro atoms. The zero-order valence-electron chi connectivity index (χ0n) is 6.54. The average molecular weight is 156 g/mol. The van der Waals surface area contributed by atoms with Crippen molar-refractivity contribution in [3.8, 4) is 0 Å². The standard InChI is InChI=1S/C7H12N2O2/c1-11-7(10)5-3-2-4-6(8)9-5/h5H,2-4H2,1H3,(H2,8,9). The Hall–Kier alpha value is -1.06. The van der Waals surface area contributed by atoms with Crippen LogP contribution in [0.1, 0.15) is 19.3 Å². The molecule has 62 valence electrons. The zero-order chi connectivity index (χ0) is 8.27. The number of methoxy groups -OCH3 is 1. The first-order valence-corrected chi connectivity index (χ1v) is 3.64. The van der Waals surface area contributed by atoms with Crippen LogP contribution in [-0.2, 0) is 9.53 Å². The lowest BCUT2D eigenvalue weighted by Crippen LogP contribution is -2.28. The summed E-state index contributed by atoms with van der Waals surface area (Å²) in [4.78, 5) is 14.9. The van der Waals surface area contributed by atoms with Gasteiger partial charge in [0.2, 0.25) is 0 Å². The van der Waals surface area contributed by atoms with Gasteiger partial charge in [0.05, 0.1) is 12.9 Å². The van der Waals surface area contributed by atoms with Crippen molar-refractivity contribution in [3.63, 3.8) is 0 Å². The van der Waals surface area contributed by atoms with E-state index < -0.39 is 0 Å². The molecular weight excluding hydrogens is 144 g/mol. The van der Waals surface area contributed by atoms with Gasteiger partial charge < -0.3 is 10.5 Å². The van der Waals surface area contributed by atoms with Crippen LogP contribution in [0.4, 0.5) is 0 Å². The fourth-order valence-electron chi connectivity index (χ4n) is 1.11. The number of hydrogen-bond acceptors (Lipinski definition) is 4. The van der Waals surface area contributed by atoms with E-state index in [1.165, 1.54) is 7.11 Å². The van der Waals surface area contributed by atoms with E-state index in [2.05, 4.69) is 9.73 Å². The molecule has 0 saturated heterocycles. The number of rotatable bonds is 1. The van der Waals surface area contributed by atoms with Gasteiger partial charge in [0.25, 0.3) is 0 Å². The number of esters is 1. The smallest absolute Gasteiger partial charge is 0.330 e. The molecule has 0 aromatic rings. The van der Waals surface area contributed by atoms with E-state index in [0.29, 0.717) is 5.84 Å². The molecule has 0 bridgehead atoms. The quantitative estimate of drug-likeness (QED) is 0.546. The first kappa shape index (κ1) is 8.04. The third-order valence-corrected chi connectivity index (χ3v) is 1.71. The first-order valence-electron chi connectivity index (χ1n) is 3.64. The third kappa shape index (κ3) is 1.93. The van der Waals surface area contributed by atoms with Gasteiger partial charge in [-0.2, -0.15) is 0 Å². The summed E-state index contributed by atoms with van der Waals surface area (Å²) in [5.74, 6) is 0.277. The summed E-state index contributed by atoms with van der Waals surface area (Å²) in [6.07, 6.45) is 2.48. The lowest BCUT2D eigenvalue weighted by molar-refractivity contribution is -0.142. The Morgan fingerprint density at radius 2 is 2.55 bits per heavy atom. The molecule has 2 N–H and O–H groups in total. The summed E-state index contributed by atoms with van der Waals surface area (Å²) in [6, 6.07) is -0.353. The fraction of sp³-hybridized carbons (Fsp3) is 0.714. The Morgan fingerprint density at radius 3 is 3.09 bits per heavy atom. The Balaban J connectivity index is 2.59. The Morgan fingerprint density at radius 1 is 1.82 bits per heavy atom. The van der Waals surface area contributed by atoms with Crippen molar-refractivity contribution in [1.29, 1.82) is 0 Å². The number of hydrogen-bond donors (Lipinski definition) is 1. The van der Waals surface area contributed by atoms with Gasteiger partial charge in [0.15, 0.2) is 0 Å². The van der Waals surface area contributed by atoms with Crippen LogP contribution in [-0.4, -0.2) is 25.0 Å². The van der Waals surface area contributed by atoms with E-state index in [9.17, 15) is 4.79 Å². The molecule has 0 radical (unpaired) electrons. The molecule has 0 aliphatic carbocycles. The van der Waals surface area contributed by atoms with Crippen LogP contribution < -0.4 is 5.73 Å². The molecule has 1 unspecified atom stereocenters. The largest absolute Gasteiger partial charge is 0.467 e. The highest BCUT2D eigenvalue weighted by Gasteiger charge is 2.21. The molecule has 0 aromatic heterocycles. The molecule has 1 heterocycles. The van der Waals surface area contributed by atoms with Crippen molar-refractivity contribution >= 4 is 11.8 Å². The maximum Gasteiger partial charge on any atom is 0.330 e. The number of nitrogens with two attached hydrogens (primary N) is 1. The van der Waals surface area contributed by atoms with E-state index in [-0.39, 0.29) is 12.0 Å². The lowest BCUT2D eigenvalue weighted by Gasteiger charge is -2.15. The van der Waals surface area contributed by atoms with E-state index >= 15 is 0 Å². The second-order valence-corrected chi connectivity index (χ2v) is 2.55. The van der Waals surface area contributed by atoms with Crippen molar-refractivity contribution in [2.75, 3.05) is 7.11 Å². The predicted molar refractivity (Wildman–Crippen MR) is 41.3 cm³/mol. The van der Waals surface area contributed by atoms with Crippen LogP contribution in [0.5, 0.6) is 0 Å². The first-order chi connectivity index (χ1) is 5.24. The maximum absolute atomic E-state index is 10.9. The minimum atomic E-state index is -0.353. The number of carbonyl (C=O) groups is 1. The minimum Gasteiger partial charge on any atom is -0.467 e. The average Bonchev–Trinajstić information content (AvgIpc) is 2.03. The maximum atomic E-state index is 10.9. The second kappa shape index (κ2) is 3.37. The third-order valence-electron chi connectivity index (χ3n) is 1.71. The van der Waals surface area contributed by atoms with Gasteiger partial charge in [-0.3, -0.25) is 4.99 Å². The van der Waals surface area contributed by atoms with Crippen molar-refractivity contribution < 1.29 is 9.53 Å². The van der Waals surface area contributed by atoms with Crippen LogP contribution in [0.3, 0.4) is 0 Å². The summed E-state index contributed by atoms with van der Waals surface area (Å²) in [5, 5.41) is 0. The molecule has 1 atom stereocenters. The van der Waals surface area contributed by atoms with Gasteiger partial charge in [-0.1, -0.05) is 0 Å². The summed E-state index contributed by atoms with van der Waals surface area (Å²) >= 11 is 0. The van der Waals surface area contributed by atoms with Gasteiger partial charge in [-0.05, 0) is 12.8 Å². The van der Waals surface area contributed by atoms with E-state index in [0.717, 1.165) is 19.3 Å². The molecule has 4 heteroatoms. The summed E-state index contributed by atoms with van der Waals surface area (Å²) in [5.41, 5.74) is 5.46. The normalized spacial score (nSPS) is 24.1. The SMILES string of the molecule is COC(=O)C1CCCC(N)=N1. The van der Waals surface area contributed by atoms with Crippen LogP contribution >= 0.6 is 0 Å². The highest BCUT2D eigenvalue weighted by atomic mass is 16.5. The Kier molecular flexibility index (Phi) is 2.46. The molecule has 1 aliphatic rings. The van der Waals surface area contributed by atoms with Gasteiger partial charge in [-0.15, -0.1) is 0 Å². The zero-order valence-corrected chi connectivity index (χ0v) is 6.54. The van der Waals surface area contributed by atoms with Crippen LogP contribution in [0.25, 0.3) is 0 Å². The Bertz CT molecular complexity index is 189. The molecule has 0 fully saturated rings. The van der Waals surface area contributed by atoms with Crippen molar-refractivity contribution in [2.24, 2.45) is 10.7 Å². The van der Waals surface area contributed by atoms with Crippen molar-refractivity contribution in [1.82, 2.24) is 0 Å². The summed E-state index contributed by atoms with van der Waals surface area (Å²) in [6.45, 7) is 0. The highest BCUT2D eigenvalue weighted by molar-refractivity contribution is 5.86. The number of amidine groups is 1. The Labute approximate surface area is 65.4 Å². The number of carbonyl (C=O) groups excluding carboxylic acids is 1. The lowest BCUT2D eigenvalue weighted by atomic mass is 10.1. The molecule has 0 aromatic carbocycles. The van der Waals surface area contributed by atoms with Gasteiger partial charge in [0.1, 0.15) is 6.04 Å². The van der Waals surface area contributed by atoms with Crippen LogP contribution in [0, 0.1) is 0 Å². The molecule has 0 saturated carbocycles. The highest BCUT2D eigenvalue weighted by Crippen LogP contribution is 2.12. The summed E-state index contributed by atoms with van der Waals surface area (Å²) in [7, 11) is 1.36. The number of aliphatic imine (C=N–C) groups is 1. The fourth-order valence-corrected chi connectivity index (χ4v) is 1.11.